The van der Waals surface area contributed by atoms with Gasteiger partial charge in [-0.3, -0.25) is 4.79 Å². The van der Waals surface area contributed by atoms with E-state index in [1.54, 1.807) is 36.4 Å². The van der Waals surface area contributed by atoms with Gasteiger partial charge in [0.15, 0.2) is 5.78 Å². The third kappa shape index (κ3) is 3.64. The van der Waals surface area contributed by atoms with Gasteiger partial charge in [-0.2, -0.15) is 5.26 Å². The fourth-order valence-corrected chi connectivity index (χ4v) is 2.95. The van der Waals surface area contributed by atoms with E-state index >= 15 is 0 Å². The van der Waals surface area contributed by atoms with Crippen LogP contribution >= 0.6 is 0 Å². The van der Waals surface area contributed by atoms with E-state index in [2.05, 4.69) is 11.9 Å². The molecule has 2 aromatic rings. The Hall–Kier alpha value is -2.64. The summed E-state index contributed by atoms with van der Waals surface area (Å²) >= 11 is 0. The van der Waals surface area contributed by atoms with Crippen LogP contribution in [0.1, 0.15) is 34.3 Å². The van der Waals surface area contributed by atoms with Crippen molar-refractivity contribution < 1.29 is 9.53 Å². The smallest absolute Gasteiger partial charge is 0.193 e. The van der Waals surface area contributed by atoms with Gasteiger partial charge in [0.25, 0.3) is 0 Å². The van der Waals surface area contributed by atoms with Crippen molar-refractivity contribution >= 4 is 5.78 Å². The van der Waals surface area contributed by atoms with Crippen LogP contribution in [0.5, 0.6) is 5.75 Å². The molecule has 122 valence electrons. The molecular weight excluding hydrogens is 300 g/mol. The maximum Gasteiger partial charge on any atom is 0.193 e. The maximum absolute atomic E-state index is 12.4. The Morgan fingerprint density at radius 3 is 2.33 bits per heavy atom. The van der Waals surface area contributed by atoms with E-state index < -0.39 is 0 Å². The van der Waals surface area contributed by atoms with Crippen LogP contribution < -0.4 is 4.74 Å². The van der Waals surface area contributed by atoms with Crippen LogP contribution in [0.25, 0.3) is 0 Å². The van der Waals surface area contributed by atoms with Crippen LogP contribution in [0.4, 0.5) is 0 Å². The molecule has 3 rings (SSSR count). The van der Waals surface area contributed by atoms with Crippen LogP contribution in [0, 0.1) is 11.3 Å². The van der Waals surface area contributed by atoms with Gasteiger partial charge in [0, 0.05) is 17.2 Å². The Balaban J connectivity index is 1.63. The second-order valence-electron chi connectivity index (χ2n) is 6.13. The van der Waals surface area contributed by atoms with Crippen LogP contribution in [-0.2, 0) is 0 Å². The lowest BCUT2D eigenvalue weighted by Gasteiger charge is -2.19. The topological polar surface area (TPSA) is 53.3 Å². The SMILES string of the molecule is CN1CCCC1COc1ccc(C(=O)c2ccc(C#N)cc2)cc1. The third-order valence-electron chi connectivity index (χ3n) is 4.51. The first-order chi connectivity index (χ1) is 11.7. The minimum absolute atomic E-state index is 0.0541. The highest BCUT2D eigenvalue weighted by molar-refractivity contribution is 6.09. The number of benzene rings is 2. The van der Waals surface area contributed by atoms with Gasteiger partial charge in [-0.05, 0) is 75.0 Å². The summed E-state index contributed by atoms with van der Waals surface area (Å²) in [4.78, 5) is 14.8. The number of carbonyl (C=O) groups is 1. The van der Waals surface area contributed by atoms with Crippen LogP contribution in [0.2, 0.25) is 0 Å². The third-order valence-corrected chi connectivity index (χ3v) is 4.51. The lowest BCUT2D eigenvalue weighted by Crippen LogP contribution is -2.30. The molecule has 0 aliphatic carbocycles. The number of rotatable bonds is 5. The first kappa shape index (κ1) is 16.2. The molecule has 0 saturated carbocycles. The van der Waals surface area contributed by atoms with E-state index in [-0.39, 0.29) is 5.78 Å². The average molecular weight is 320 g/mol. The first-order valence-electron chi connectivity index (χ1n) is 8.15. The molecule has 1 heterocycles. The fourth-order valence-electron chi connectivity index (χ4n) is 2.95. The Bertz CT molecular complexity index is 745. The van der Waals surface area contributed by atoms with Gasteiger partial charge in [-0.1, -0.05) is 0 Å². The first-order valence-corrected chi connectivity index (χ1v) is 8.15. The molecule has 1 atom stereocenters. The molecule has 4 nitrogen and oxygen atoms in total. The molecule has 0 spiro atoms. The van der Waals surface area contributed by atoms with Crippen molar-refractivity contribution in [3.8, 4) is 11.8 Å². The molecule has 4 heteroatoms. The molecule has 1 aliphatic rings. The van der Waals surface area contributed by atoms with Gasteiger partial charge in [-0.25, -0.2) is 0 Å². The summed E-state index contributed by atoms with van der Waals surface area (Å²) in [7, 11) is 2.13. The van der Waals surface area contributed by atoms with Gasteiger partial charge >= 0.3 is 0 Å². The number of ketones is 1. The van der Waals surface area contributed by atoms with Gasteiger partial charge in [0.1, 0.15) is 12.4 Å². The van der Waals surface area contributed by atoms with Crippen LogP contribution in [0.15, 0.2) is 48.5 Å². The zero-order valence-electron chi connectivity index (χ0n) is 13.7. The van der Waals surface area contributed by atoms with Gasteiger partial charge in [0.05, 0.1) is 11.6 Å². The molecule has 24 heavy (non-hydrogen) atoms. The Morgan fingerprint density at radius 2 is 1.79 bits per heavy atom. The molecular formula is C20H20N2O2. The summed E-state index contributed by atoms with van der Waals surface area (Å²) in [6.45, 7) is 1.81. The summed E-state index contributed by atoms with van der Waals surface area (Å²) in [5.41, 5.74) is 1.74. The highest BCUT2D eigenvalue weighted by Gasteiger charge is 2.21. The standard InChI is InChI=1S/C20H20N2O2/c1-22-12-2-3-18(22)14-24-19-10-8-17(9-11-19)20(23)16-6-4-15(13-21)5-7-16/h4-11,18H,2-3,12,14H2,1H3. The number of nitrogens with zero attached hydrogens (tertiary/aromatic N) is 2. The molecule has 2 aromatic carbocycles. The van der Waals surface area contributed by atoms with Gasteiger partial charge in [-0.15, -0.1) is 0 Å². The second kappa shape index (κ2) is 7.29. The highest BCUT2D eigenvalue weighted by Crippen LogP contribution is 2.19. The zero-order valence-corrected chi connectivity index (χ0v) is 13.7. The number of likely N-dealkylation sites (N-methyl/N-ethyl adjacent to an activating group) is 1. The largest absolute Gasteiger partial charge is 0.492 e. The number of hydrogen-bond donors (Lipinski definition) is 0. The molecule has 0 aromatic heterocycles. The number of nitriles is 1. The van der Waals surface area contributed by atoms with Crippen molar-refractivity contribution in [1.29, 1.82) is 5.26 Å². The van der Waals surface area contributed by atoms with Gasteiger partial charge in [0.2, 0.25) is 0 Å². The predicted octanol–water partition coefficient (Wildman–Crippen LogP) is 3.26. The van der Waals surface area contributed by atoms with Crippen LogP contribution in [0.3, 0.4) is 0 Å². The molecule has 0 radical (unpaired) electrons. The van der Waals surface area contributed by atoms with Crippen molar-refractivity contribution in [1.82, 2.24) is 4.90 Å². The molecule has 1 fully saturated rings. The van der Waals surface area contributed by atoms with Crippen molar-refractivity contribution in [2.24, 2.45) is 0 Å². The van der Waals surface area contributed by atoms with Crippen molar-refractivity contribution in [3.63, 3.8) is 0 Å². The summed E-state index contributed by atoms with van der Waals surface area (Å²) in [6, 6.07) is 16.5. The Kier molecular flexibility index (Phi) is 4.93. The molecule has 0 amide bonds. The van der Waals surface area contributed by atoms with E-state index in [1.165, 1.54) is 12.8 Å². The lowest BCUT2D eigenvalue weighted by atomic mass is 10.0. The van der Waals surface area contributed by atoms with Crippen LogP contribution in [-0.4, -0.2) is 36.9 Å². The summed E-state index contributed by atoms with van der Waals surface area (Å²) in [6.07, 6.45) is 2.40. The predicted molar refractivity (Wildman–Crippen MR) is 92.2 cm³/mol. The fraction of sp³-hybridized carbons (Fsp3) is 0.300. The number of likely N-dealkylation sites (tertiary alicyclic amines) is 1. The lowest BCUT2D eigenvalue weighted by molar-refractivity contribution is 0.103. The molecule has 1 unspecified atom stereocenters. The Morgan fingerprint density at radius 1 is 1.17 bits per heavy atom. The van der Waals surface area contributed by atoms with E-state index in [0.29, 0.717) is 29.3 Å². The monoisotopic (exact) mass is 320 g/mol. The molecule has 0 bridgehead atoms. The maximum atomic E-state index is 12.4. The minimum atomic E-state index is -0.0541. The van der Waals surface area contributed by atoms with Crippen molar-refractivity contribution in [3.05, 3.63) is 65.2 Å². The number of hydrogen-bond acceptors (Lipinski definition) is 4. The normalized spacial score (nSPS) is 17.4. The zero-order chi connectivity index (χ0) is 16.9. The Labute approximate surface area is 142 Å². The minimum Gasteiger partial charge on any atom is -0.492 e. The number of carbonyl (C=O) groups excluding carboxylic acids is 1. The molecule has 1 saturated heterocycles. The molecule has 0 N–H and O–H groups in total. The molecule has 1 aliphatic heterocycles. The van der Waals surface area contributed by atoms with E-state index in [4.69, 9.17) is 10.00 Å². The average Bonchev–Trinajstić information content (AvgIpc) is 3.05. The van der Waals surface area contributed by atoms with E-state index in [1.807, 2.05) is 18.2 Å². The second-order valence-corrected chi connectivity index (χ2v) is 6.13. The summed E-state index contributed by atoms with van der Waals surface area (Å²) < 4.78 is 5.84. The highest BCUT2D eigenvalue weighted by atomic mass is 16.5. The quantitative estimate of drug-likeness (QED) is 0.794. The number of ether oxygens (including phenoxy) is 1. The van der Waals surface area contributed by atoms with Crippen molar-refractivity contribution in [2.45, 2.75) is 18.9 Å². The van der Waals surface area contributed by atoms with Crippen molar-refractivity contribution in [2.75, 3.05) is 20.2 Å². The van der Waals surface area contributed by atoms with Gasteiger partial charge < -0.3 is 9.64 Å². The summed E-state index contributed by atoms with van der Waals surface area (Å²) in [5, 5.41) is 8.81. The van der Waals surface area contributed by atoms with E-state index in [0.717, 1.165) is 12.3 Å². The summed E-state index contributed by atoms with van der Waals surface area (Å²) in [5.74, 6) is 0.730. The van der Waals surface area contributed by atoms with E-state index in [9.17, 15) is 4.79 Å².